The Morgan fingerprint density at radius 2 is 1.95 bits per heavy atom. The number of H-pyrrole nitrogens is 1. The lowest BCUT2D eigenvalue weighted by Crippen LogP contribution is -2.48. The van der Waals surface area contributed by atoms with Crippen LogP contribution in [-0.2, 0) is 17.6 Å². The largest absolute Gasteiger partial charge is 0.372 e. The molecule has 0 spiro atoms. The standard InChI is InChI=1S/C14H21N3O2/c1-9-7-17(8-10(2)19-9)14(18)13-11-5-3-4-6-12(11)15-16-13/h9-10H,3-8H2,1-2H3,(H,15,16)/t9-,10-/m0/s1. The molecule has 1 N–H and O–H groups in total. The molecule has 2 heterocycles. The van der Waals surface area contributed by atoms with Crippen LogP contribution in [0.4, 0.5) is 0 Å². The minimum atomic E-state index is 0.0569. The van der Waals surface area contributed by atoms with Crippen molar-refractivity contribution in [2.75, 3.05) is 13.1 Å². The molecule has 0 saturated carbocycles. The monoisotopic (exact) mass is 263 g/mol. The highest BCUT2D eigenvalue weighted by Crippen LogP contribution is 2.24. The van der Waals surface area contributed by atoms with Gasteiger partial charge in [0, 0.05) is 24.3 Å². The van der Waals surface area contributed by atoms with Crippen LogP contribution < -0.4 is 0 Å². The van der Waals surface area contributed by atoms with E-state index in [1.165, 1.54) is 6.42 Å². The van der Waals surface area contributed by atoms with Crippen LogP contribution in [0.5, 0.6) is 0 Å². The highest BCUT2D eigenvalue weighted by atomic mass is 16.5. The Morgan fingerprint density at radius 3 is 2.68 bits per heavy atom. The number of amides is 1. The number of hydrogen-bond acceptors (Lipinski definition) is 3. The van der Waals surface area contributed by atoms with Crippen LogP contribution in [0.1, 0.15) is 48.4 Å². The molecule has 0 radical (unpaired) electrons. The Kier molecular flexibility index (Phi) is 3.31. The van der Waals surface area contributed by atoms with Gasteiger partial charge in [-0.2, -0.15) is 5.10 Å². The maximum Gasteiger partial charge on any atom is 0.274 e. The van der Waals surface area contributed by atoms with Gasteiger partial charge in [-0.05, 0) is 39.5 Å². The van der Waals surface area contributed by atoms with Crippen molar-refractivity contribution in [1.82, 2.24) is 15.1 Å². The van der Waals surface area contributed by atoms with E-state index in [1.54, 1.807) is 0 Å². The molecule has 1 aliphatic carbocycles. The molecule has 1 aromatic heterocycles. The van der Waals surface area contributed by atoms with Crippen molar-refractivity contribution in [3.63, 3.8) is 0 Å². The number of morpholine rings is 1. The predicted molar refractivity (Wildman–Crippen MR) is 71.1 cm³/mol. The van der Waals surface area contributed by atoms with E-state index in [1.807, 2.05) is 18.7 Å². The Hall–Kier alpha value is -1.36. The summed E-state index contributed by atoms with van der Waals surface area (Å²) in [5, 5.41) is 7.31. The minimum absolute atomic E-state index is 0.0569. The average molecular weight is 263 g/mol. The summed E-state index contributed by atoms with van der Waals surface area (Å²) in [6, 6.07) is 0. The molecule has 104 valence electrons. The summed E-state index contributed by atoms with van der Waals surface area (Å²) in [4.78, 5) is 14.5. The fourth-order valence-corrected chi connectivity index (χ4v) is 3.15. The zero-order valence-electron chi connectivity index (χ0n) is 11.6. The van der Waals surface area contributed by atoms with Gasteiger partial charge in [-0.25, -0.2) is 0 Å². The van der Waals surface area contributed by atoms with Crippen LogP contribution in [0.25, 0.3) is 0 Å². The van der Waals surface area contributed by atoms with Crippen molar-refractivity contribution in [2.45, 2.75) is 51.7 Å². The molecule has 0 aromatic carbocycles. The van der Waals surface area contributed by atoms with Crippen molar-refractivity contribution in [2.24, 2.45) is 0 Å². The van der Waals surface area contributed by atoms with Gasteiger partial charge in [-0.1, -0.05) is 0 Å². The molecule has 0 unspecified atom stereocenters. The van der Waals surface area contributed by atoms with Gasteiger partial charge in [0.15, 0.2) is 5.69 Å². The van der Waals surface area contributed by atoms with Gasteiger partial charge >= 0.3 is 0 Å². The lowest BCUT2D eigenvalue weighted by atomic mass is 9.95. The van der Waals surface area contributed by atoms with Crippen LogP contribution in [0.15, 0.2) is 0 Å². The summed E-state index contributed by atoms with van der Waals surface area (Å²) >= 11 is 0. The molecule has 3 rings (SSSR count). The summed E-state index contributed by atoms with van der Waals surface area (Å²) in [6.45, 7) is 5.33. The number of aromatic nitrogens is 2. The van der Waals surface area contributed by atoms with E-state index in [9.17, 15) is 4.79 Å². The van der Waals surface area contributed by atoms with Crippen LogP contribution >= 0.6 is 0 Å². The van der Waals surface area contributed by atoms with Crippen molar-refractivity contribution >= 4 is 5.91 Å². The summed E-state index contributed by atoms with van der Waals surface area (Å²) < 4.78 is 5.67. The van der Waals surface area contributed by atoms with Crippen molar-refractivity contribution in [3.05, 3.63) is 17.0 Å². The summed E-state index contributed by atoms with van der Waals surface area (Å²) in [5.74, 6) is 0.0569. The first-order valence-electron chi connectivity index (χ1n) is 7.16. The topological polar surface area (TPSA) is 58.2 Å². The fraction of sp³-hybridized carbons (Fsp3) is 0.714. The molecule has 5 nitrogen and oxygen atoms in total. The third-order valence-electron chi connectivity index (χ3n) is 3.97. The highest BCUT2D eigenvalue weighted by Gasteiger charge is 2.30. The summed E-state index contributed by atoms with van der Waals surface area (Å²) in [5.41, 5.74) is 2.93. The SMILES string of the molecule is C[C@H]1CN(C(=O)c2n[nH]c3c2CCCC3)C[C@H](C)O1. The molecule has 1 aliphatic heterocycles. The molecule has 5 heteroatoms. The molecule has 19 heavy (non-hydrogen) atoms. The molecule has 1 aromatic rings. The maximum absolute atomic E-state index is 12.6. The van der Waals surface area contributed by atoms with E-state index in [0.29, 0.717) is 18.8 Å². The lowest BCUT2D eigenvalue weighted by Gasteiger charge is -2.35. The zero-order valence-corrected chi connectivity index (χ0v) is 11.6. The first kappa shape index (κ1) is 12.7. The quantitative estimate of drug-likeness (QED) is 0.836. The number of nitrogens with zero attached hydrogens (tertiary/aromatic N) is 2. The van der Waals surface area contributed by atoms with E-state index in [-0.39, 0.29) is 18.1 Å². The maximum atomic E-state index is 12.6. The van der Waals surface area contributed by atoms with Crippen LogP contribution in [0, 0.1) is 0 Å². The molecule has 2 atom stereocenters. The zero-order chi connectivity index (χ0) is 13.4. The van der Waals surface area contributed by atoms with Crippen molar-refractivity contribution in [3.8, 4) is 0 Å². The Balaban J connectivity index is 1.82. The van der Waals surface area contributed by atoms with Gasteiger partial charge in [0.1, 0.15) is 0 Å². The van der Waals surface area contributed by atoms with Crippen molar-refractivity contribution < 1.29 is 9.53 Å². The normalized spacial score (nSPS) is 27.2. The van der Waals surface area contributed by atoms with E-state index in [2.05, 4.69) is 10.2 Å². The number of hydrogen-bond donors (Lipinski definition) is 1. The van der Waals surface area contributed by atoms with Gasteiger partial charge in [-0.15, -0.1) is 0 Å². The Labute approximate surface area is 113 Å². The molecule has 1 saturated heterocycles. The van der Waals surface area contributed by atoms with Gasteiger partial charge < -0.3 is 9.64 Å². The predicted octanol–water partition coefficient (Wildman–Crippen LogP) is 1.54. The second-order valence-corrected chi connectivity index (χ2v) is 5.70. The fourth-order valence-electron chi connectivity index (χ4n) is 3.15. The van der Waals surface area contributed by atoms with Gasteiger partial charge in [0.05, 0.1) is 12.2 Å². The third-order valence-corrected chi connectivity index (χ3v) is 3.97. The van der Waals surface area contributed by atoms with E-state index in [4.69, 9.17) is 4.74 Å². The number of fused-ring (bicyclic) bond motifs is 1. The van der Waals surface area contributed by atoms with E-state index >= 15 is 0 Å². The Morgan fingerprint density at radius 1 is 1.26 bits per heavy atom. The first-order chi connectivity index (χ1) is 9.15. The molecule has 0 bridgehead atoms. The van der Waals surface area contributed by atoms with Gasteiger partial charge in [0.25, 0.3) is 5.91 Å². The average Bonchev–Trinajstić information content (AvgIpc) is 2.80. The number of carbonyl (C=O) groups excluding carboxylic acids is 1. The van der Waals surface area contributed by atoms with Crippen LogP contribution in [0.2, 0.25) is 0 Å². The molecular formula is C14H21N3O2. The van der Waals surface area contributed by atoms with Gasteiger partial charge in [0.2, 0.25) is 0 Å². The van der Waals surface area contributed by atoms with E-state index in [0.717, 1.165) is 30.5 Å². The second kappa shape index (κ2) is 4.96. The number of aryl methyl sites for hydroxylation is 1. The smallest absolute Gasteiger partial charge is 0.274 e. The number of carbonyl (C=O) groups is 1. The number of ether oxygens (including phenoxy) is 1. The third kappa shape index (κ3) is 2.39. The van der Waals surface area contributed by atoms with Crippen LogP contribution in [0.3, 0.4) is 0 Å². The minimum Gasteiger partial charge on any atom is -0.372 e. The van der Waals surface area contributed by atoms with E-state index < -0.39 is 0 Å². The molecule has 1 amide bonds. The molecular weight excluding hydrogens is 242 g/mol. The highest BCUT2D eigenvalue weighted by molar-refractivity contribution is 5.94. The number of aromatic amines is 1. The molecule has 1 fully saturated rings. The van der Waals surface area contributed by atoms with Crippen molar-refractivity contribution in [1.29, 1.82) is 0 Å². The summed E-state index contributed by atoms with van der Waals surface area (Å²) in [6.07, 6.45) is 4.54. The first-order valence-corrected chi connectivity index (χ1v) is 7.16. The molecule has 2 aliphatic rings. The number of rotatable bonds is 1. The number of nitrogens with one attached hydrogen (secondary N) is 1. The lowest BCUT2D eigenvalue weighted by molar-refractivity contribution is -0.0587. The Bertz CT molecular complexity index is 473. The van der Waals surface area contributed by atoms with Gasteiger partial charge in [-0.3, -0.25) is 9.89 Å². The summed E-state index contributed by atoms with van der Waals surface area (Å²) in [7, 11) is 0. The second-order valence-electron chi connectivity index (χ2n) is 5.70. The van der Waals surface area contributed by atoms with Crippen LogP contribution in [-0.4, -0.2) is 46.3 Å².